The lowest BCUT2D eigenvalue weighted by Crippen LogP contribution is -2.61. The van der Waals surface area contributed by atoms with Gasteiger partial charge in [0.2, 0.25) is 0 Å². The van der Waals surface area contributed by atoms with Gasteiger partial charge in [-0.3, -0.25) is 0 Å². The summed E-state index contributed by atoms with van der Waals surface area (Å²) in [6, 6.07) is 0.480. The fourth-order valence-electron chi connectivity index (χ4n) is 3.01. The molecule has 1 amide bonds. The Morgan fingerprint density at radius 2 is 2.00 bits per heavy atom. The van der Waals surface area contributed by atoms with Crippen LogP contribution >= 0.6 is 0 Å². The summed E-state index contributed by atoms with van der Waals surface area (Å²) < 4.78 is 11.1. The molecule has 1 aliphatic rings. The van der Waals surface area contributed by atoms with Crippen LogP contribution in [0.2, 0.25) is 0 Å². The van der Waals surface area contributed by atoms with Gasteiger partial charge >= 0.3 is 6.09 Å². The van der Waals surface area contributed by atoms with Gasteiger partial charge in [0.15, 0.2) is 0 Å². The van der Waals surface area contributed by atoms with Gasteiger partial charge in [0.05, 0.1) is 6.10 Å². The fourth-order valence-corrected chi connectivity index (χ4v) is 3.01. The first kappa shape index (κ1) is 20.2. The van der Waals surface area contributed by atoms with E-state index >= 15 is 0 Å². The van der Waals surface area contributed by atoms with Crippen LogP contribution in [-0.4, -0.2) is 55.5 Å². The van der Waals surface area contributed by atoms with E-state index in [4.69, 9.17) is 9.47 Å². The van der Waals surface area contributed by atoms with Crippen molar-refractivity contribution in [1.29, 1.82) is 0 Å². The summed E-state index contributed by atoms with van der Waals surface area (Å²) in [4.78, 5) is 13.6. The van der Waals surface area contributed by atoms with E-state index in [1.54, 1.807) is 11.9 Å². The number of hydrogen-bond donors (Lipinski definition) is 1. The third-order valence-electron chi connectivity index (χ3n) is 4.55. The summed E-state index contributed by atoms with van der Waals surface area (Å²) in [7, 11) is 1.79. The first-order valence-corrected chi connectivity index (χ1v) is 8.76. The number of ether oxygens (including phenoxy) is 2. The molecule has 0 aliphatic heterocycles. The smallest absolute Gasteiger partial charge is 0.410 e. The lowest BCUT2D eigenvalue weighted by atomic mass is 9.64. The zero-order valence-electron chi connectivity index (χ0n) is 16.2. The van der Waals surface area contributed by atoms with Crippen LogP contribution in [0.15, 0.2) is 0 Å². The molecule has 1 fully saturated rings. The van der Waals surface area contributed by atoms with Gasteiger partial charge in [-0.2, -0.15) is 0 Å². The third-order valence-corrected chi connectivity index (χ3v) is 4.55. The van der Waals surface area contributed by atoms with Crippen LogP contribution in [0.1, 0.15) is 54.9 Å². The highest BCUT2D eigenvalue weighted by Gasteiger charge is 2.48. The maximum absolute atomic E-state index is 12.0. The van der Waals surface area contributed by atoms with E-state index in [1.807, 2.05) is 27.7 Å². The molecule has 0 bridgehead atoms. The maximum atomic E-state index is 12.0. The van der Waals surface area contributed by atoms with Crippen molar-refractivity contribution in [2.75, 3.05) is 26.7 Å². The lowest BCUT2D eigenvalue weighted by molar-refractivity contribution is -0.114. The second-order valence-electron chi connectivity index (χ2n) is 8.43. The molecule has 23 heavy (non-hydrogen) atoms. The summed E-state index contributed by atoms with van der Waals surface area (Å²) >= 11 is 0. The molecule has 1 aliphatic carbocycles. The van der Waals surface area contributed by atoms with Gasteiger partial charge in [-0.1, -0.05) is 20.8 Å². The summed E-state index contributed by atoms with van der Waals surface area (Å²) in [5, 5.41) is 3.63. The highest BCUT2D eigenvalue weighted by Crippen LogP contribution is 2.42. The van der Waals surface area contributed by atoms with Gasteiger partial charge < -0.3 is 19.7 Å². The molecule has 5 nitrogen and oxygen atoms in total. The molecule has 0 aromatic carbocycles. The second kappa shape index (κ2) is 7.84. The number of carbonyl (C=O) groups excluding carboxylic acids is 1. The normalized spacial score (nSPS) is 24.7. The van der Waals surface area contributed by atoms with Gasteiger partial charge in [-0.25, -0.2) is 4.79 Å². The summed E-state index contributed by atoms with van der Waals surface area (Å²) in [5.74, 6) is 0.370. The molecular formula is C18H36N2O3. The highest BCUT2D eigenvalue weighted by molar-refractivity contribution is 5.67. The fraction of sp³-hybridized carbons (Fsp3) is 0.944. The summed E-state index contributed by atoms with van der Waals surface area (Å²) in [6.45, 7) is 16.7. The van der Waals surface area contributed by atoms with Crippen molar-refractivity contribution < 1.29 is 14.3 Å². The van der Waals surface area contributed by atoms with E-state index in [0.29, 0.717) is 24.6 Å². The molecule has 0 saturated heterocycles. The van der Waals surface area contributed by atoms with Gasteiger partial charge in [-0.15, -0.1) is 0 Å². The monoisotopic (exact) mass is 328 g/mol. The Hall–Kier alpha value is -0.810. The molecule has 0 radical (unpaired) electrons. The SMILES string of the molecule is CCOC1CC(NCC(C)CN(C)C(=O)OC(C)(C)C)C1(C)C. The van der Waals surface area contributed by atoms with Crippen molar-refractivity contribution in [2.45, 2.75) is 72.6 Å². The van der Waals surface area contributed by atoms with Gasteiger partial charge in [0.1, 0.15) is 5.60 Å². The minimum atomic E-state index is -0.447. The second-order valence-corrected chi connectivity index (χ2v) is 8.43. The molecule has 1 N–H and O–H groups in total. The topological polar surface area (TPSA) is 50.8 Å². The van der Waals surface area contributed by atoms with E-state index in [2.05, 4.69) is 26.1 Å². The lowest BCUT2D eigenvalue weighted by Gasteiger charge is -2.52. The largest absolute Gasteiger partial charge is 0.444 e. The van der Waals surface area contributed by atoms with Crippen molar-refractivity contribution in [3.8, 4) is 0 Å². The van der Waals surface area contributed by atoms with Crippen LogP contribution in [0.3, 0.4) is 0 Å². The highest BCUT2D eigenvalue weighted by atomic mass is 16.6. The standard InChI is InChI=1S/C18H36N2O3/c1-9-22-15-10-14(18(15,6)7)19-11-13(2)12-20(8)16(21)23-17(3,4)5/h13-15,19H,9-12H2,1-8H3. The van der Waals surface area contributed by atoms with Crippen molar-refractivity contribution in [3.05, 3.63) is 0 Å². The van der Waals surface area contributed by atoms with Gasteiger partial charge in [0.25, 0.3) is 0 Å². The quantitative estimate of drug-likeness (QED) is 0.779. The predicted octanol–water partition coefficient (Wildman–Crippen LogP) is 3.28. The zero-order chi connectivity index (χ0) is 17.8. The van der Waals surface area contributed by atoms with Gasteiger partial charge in [0, 0.05) is 31.7 Å². The van der Waals surface area contributed by atoms with Gasteiger partial charge in [-0.05, 0) is 46.6 Å². The van der Waals surface area contributed by atoms with E-state index < -0.39 is 5.60 Å². The third kappa shape index (κ3) is 5.96. The first-order valence-electron chi connectivity index (χ1n) is 8.76. The van der Waals surface area contributed by atoms with Crippen LogP contribution in [0, 0.1) is 11.3 Å². The molecule has 0 aromatic rings. The van der Waals surface area contributed by atoms with E-state index in [0.717, 1.165) is 19.6 Å². The Morgan fingerprint density at radius 3 is 2.48 bits per heavy atom. The Bertz CT molecular complexity index is 390. The number of rotatable bonds is 7. The van der Waals surface area contributed by atoms with Crippen LogP contribution in [0.5, 0.6) is 0 Å². The predicted molar refractivity (Wildman–Crippen MR) is 93.6 cm³/mol. The molecule has 1 rings (SSSR count). The van der Waals surface area contributed by atoms with Crippen LogP contribution in [0.25, 0.3) is 0 Å². The molecule has 3 atom stereocenters. The molecule has 0 aromatic heterocycles. The Labute approximate surface area is 142 Å². The number of hydrogen-bond acceptors (Lipinski definition) is 4. The van der Waals surface area contributed by atoms with E-state index in [-0.39, 0.29) is 11.5 Å². The summed E-state index contributed by atoms with van der Waals surface area (Å²) in [5.41, 5.74) is -0.274. The summed E-state index contributed by atoms with van der Waals surface area (Å²) in [6.07, 6.45) is 1.16. The number of carbonyl (C=O) groups is 1. The van der Waals surface area contributed by atoms with Crippen molar-refractivity contribution in [3.63, 3.8) is 0 Å². The van der Waals surface area contributed by atoms with Crippen molar-refractivity contribution >= 4 is 6.09 Å². The van der Waals surface area contributed by atoms with Crippen LogP contribution < -0.4 is 5.32 Å². The molecule has 136 valence electrons. The maximum Gasteiger partial charge on any atom is 0.410 e. The van der Waals surface area contributed by atoms with Crippen LogP contribution in [-0.2, 0) is 9.47 Å². The Morgan fingerprint density at radius 1 is 1.39 bits per heavy atom. The van der Waals surface area contributed by atoms with Crippen molar-refractivity contribution in [2.24, 2.45) is 11.3 Å². The number of nitrogens with one attached hydrogen (secondary N) is 1. The molecule has 5 heteroatoms. The molecule has 1 saturated carbocycles. The molecule has 0 spiro atoms. The van der Waals surface area contributed by atoms with E-state index in [1.165, 1.54) is 0 Å². The average Bonchev–Trinajstić information content (AvgIpc) is 2.39. The Kier molecular flexibility index (Phi) is 6.90. The first-order chi connectivity index (χ1) is 10.5. The Balaban J connectivity index is 2.32. The molecule has 3 unspecified atom stereocenters. The molecule has 0 heterocycles. The minimum absolute atomic E-state index is 0.173. The van der Waals surface area contributed by atoms with E-state index in [9.17, 15) is 4.79 Å². The number of nitrogens with zero attached hydrogens (tertiary/aromatic N) is 1. The van der Waals surface area contributed by atoms with Crippen molar-refractivity contribution in [1.82, 2.24) is 10.2 Å². The number of amides is 1. The minimum Gasteiger partial charge on any atom is -0.444 e. The molecular weight excluding hydrogens is 292 g/mol. The van der Waals surface area contributed by atoms with Crippen LogP contribution in [0.4, 0.5) is 4.79 Å². The zero-order valence-corrected chi connectivity index (χ0v) is 16.2. The average molecular weight is 328 g/mol.